The van der Waals surface area contributed by atoms with Crippen molar-refractivity contribution in [3.8, 4) is 33.9 Å². The van der Waals surface area contributed by atoms with Crippen LogP contribution >= 0.6 is 0 Å². The molecule has 0 aliphatic carbocycles. The van der Waals surface area contributed by atoms with Gasteiger partial charge < -0.3 is 14.7 Å². The normalized spacial score (nSPS) is 11.3. The zero-order valence-corrected chi connectivity index (χ0v) is 18.2. The monoisotopic (exact) mass is 449 g/mol. The van der Waals surface area contributed by atoms with Crippen LogP contribution in [0.5, 0.6) is 0 Å². The van der Waals surface area contributed by atoms with Gasteiger partial charge in [0.05, 0.1) is 47.0 Å². The first-order valence-corrected chi connectivity index (χ1v) is 10.8. The predicted octanol–water partition coefficient (Wildman–Crippen LogP) is 5.17. The molecule has 9 heteroatoms. The predicted molar refractivity (Wildman–Crippen MR) is 129 cm³/mol. The quantitative estimate of drug-likeness (QED) is 0.333. The second kappa shape index (κ2) is 7.96. The largest absolute Gasteiger partial charge is 0.472 e. The molecule has 0 fully saturated rings. The van der Waals surface area contributed by atoms with E-state index in [1.54, 1.807) is 38.0 Å². The van der Waals surface area contributed by atoms with E-state index in [9.17, 15) is 4.79 Å². The van der Waals surface area contributed by atoms with E-state index in [4.69, 9.17) is 9.40 Å². The molecule has 34 heavy (non-hydrogen) atoms. The summed E-state index contributed by atoms with van der Waals surface area (Å²) in [5.74, 6) is -0.0671. The van der Waals surface area contributed by atoms with Crippen LogP contribution in [0.4, 0.5) is 5.69 Å². The zero-order valence-electron chi connectivity index (χ0n) is 18.2. The molecule has 166 valence electrons. The molecule has 0 aromatic carbocycles. The fraction of sp³-hybridized carbons (Fsp3) is 0.0800. The van der Waals surface area contributed by atoms with Gasteiger partial charge >= 0.3 is 0 Å². The number of carbonyl (C=O) groups is 1. The Kier molecular flexibility index (Phi) is 4.65. The SMILES string of the molecule is CCC(=O)Nc1cncc(-c2ccc3[nH]nc(-c4cc5c(-c6ccoc6)nccc5[nH]4)c3n2)c1. The highest BCUT2D eigenvalue weighted by Gasteiger charge is 2.16. The Morgan fingerprint density at radius 3 is 2.85 bits per heavy atom. The van der Waals surface area contributed by atoms with E-state index in [1.165, 1.54) is 0 Å². The van der Waals surface area contributed by atoms with E-state index in [1.807, 2.05) is 36.4 Å². The lowest BCUT2D eigenvalue weighted by molar-refractivity contribution is -0.115. The van der Waals surface area contributed by atoms with Crippen LogP contribution in [0, 0.1) is 0 Å². The van der Waals surface area contributed by atoms with Crippen LogP contribution in [0.1, 0.15) is 13.3 Å². The van der Waals surface area contributed by atoms with Gasteiger partial charge in [-0.3, -0.25) is 19.9 Å². The average molecular weight is 449 g/mol. The van der Waals surface area contributed by atoms with Gasteiger partial charge in [0.15, 0.2) is 0 Å². The minimum absolute atomic E-state index is 0.0671. The van der Waals surface area contributed by atoms with Crippen LogP contribution in [0.25, 0.3) is 55.8 Å². The van der Waals surface area contributed by atoms with Crippen molar-refractivity contribution in [2.24, 2.45) is 0 Å². The van der Waals surface area contributed by atoms with Crippen LogP contribution in [0.2, 0.25) is 0 Å². The summed E-state index contributed by atoms with van der Waals surface area (Å²) in [6.07, 6.45) is 8.82. The Labute approximate surface area is 193 Å². The highest BCUT2D eigenvalue weighted by atomic mass is 16.3. The summed E-state index contributed by atoms with van der Waals surface area (Å²) in [6, 6.07) is 11.5. The number of furan rings is 1. The Morgan fingerprint density at radius 1 is 1.06 bits per heavy atom. The van der Waals surface area contributed by atoms with Gasteiger partial charge in [0.2, 0.25) is 5.91 Å². The third-order valence-corrected chi connectivity index (χ3v) is 5.64. The van der Waals surface area contributed by atoms with Crippen LogP contribution in [0.3, 0.4) is 0 Å². The number of hydrogen-bond donors (Lipinski definition) is 3. The molecule has 0 radical (unpaired) electrons. The van der Waals surface area contributed by atoms with Crippen molar-refractivity contribution in [1.82, 2.24) is 30.1 Å². The van der Waals surface area contributed by atoms with Gasteiger partial charge in [-0.2, -0.15) is 5.10 Å². The van der Waals surface area contributed by atoms with Crippen molar-refractivity contribution < 1.29 is 9.21 Å². The van der Waals surface area contributed by atoms with Crippen LogP contribution in [-0.4, -0.2) is 36.0 Å². The Morgan fingerprint density at radius 2 is 2.00 bits per heavy atom. The number of nitrogens with one attached hydrogen (secondary N) is 3. The molecule has 0 aliphatic heterocycles. The molecular weight excluding hydrogens is 430 g/mol. The fourth-order valence-corrected chi connectivity index (χ4v) is 3.96. The zero-order chi connectivity index (χ0) is 23.1. The van der Waals surface area contributed by atoms with Crippen LogP contribution < -0.4 is 5.32 Å². The number of hydrogen-bond acceptors (Lipinski definition) is 6. The highest BCUT2D eigenvalue weighted by molar-refractivity contribution is 5.99. The maximum atomic E-state index is 11.8. The van der Waals surface area contributed by atoms with Crippen molar-refractivity contribution in [2.75, 3.05) is 5.32 Å². The van der Waals surface area contributed by atoms with Gasteiger partial charge in [-0.25, -0.2) is 4.98 Å². The molecule has 9 nitrogen and oxygen atoms in total. The molecule has 6 aromatic rings. The van der Waals surface area contributed by atoms with E-state index < -0.39 is 0 Å². The summed E-state index contributed by atoms with van der Waals surface area (Å²) in [7, 11) is 0. The summed E-state index contributed by atoms with van der Waals surface area (Å²) in [6.45, 7) is 1.81. The lowest BCUT2D eigenvalue weighted by atomic mass is 10.1. The number of anilines is 1. The minimum Gasteiger partial charge on any atom is -0.472 e. The first-order valence-electron chi connectivity index (χ1n) is 10.8. The van der Waals surface area contributed by atoms with E-state index in [0.29, 0.717) is 17.8 Å². The Hall–Kier alpha value is -4.79. The maximum absolute atomic E-state index is 11.8. The topological polar surface area (TPSA) is 125 Å². The molecule has 0 aliphatic rings. The second-order valence-electron chi connectivity index (χ2n) is 7.84. The molecule has 0 bridgehead atoms. The van der Waals surface area contributed by atoms with Gasteiger partial charge in [0, 0.05) is 40.8 Å². The molecule has 1 amide bonds. The minimum atomic E-state index is -0.0671. The van der Waals surface area contributed by atoms with Gasteiger partial charge in [-0.05, 0) is 36.4 Å². The van der Waals surface area contributed by atoms with E-state index in [-0.39, 0.29) is 5.91 Å². The first kappa shape index (κ1) is 19.9. The van der Waals surface area contributed by atoms with Crippen molar-refractivity contribution in [2.45, 2.75) is 13.3 Å². The van der Waals surface area contributed by atoms with Gasteiger partial charge in [0.25, 0.3) is 0 Å². The molecule has 0 saturated carbocycles. The van der Waals surface area contributed by atoms with Crippen molar-refractivity contribution in [1.29, 1.82) is 0 Å². The number of amides is 1. The second-order valence-corrected chi connectivity index (χ2v) is 7.84. The first-order chi connectivity index (χ1) is 16.7. The number of aromatic amines is 2. The number of rotatable bonds is 5. The van der Waals surface area contributed by atoms with Crippen molar-refractivity contribution in [3.63, 3.8) is 0 Å². The summed E-state index contributed by atoms with van der Waals surface area (Å²) >= 11 is 0. The van der Waals surface area contributed by atoms with E-state index >= 15 is 0 Å². The fourth-order valence-electron chi connectivity index (χ4n) is 3.96. The van der Waals surface area contributed by atoms with Gasteiger partial charge in [-0.15, -0.1) is 0 Å². The number of H-pyrrole nitrogens is 2. The molecule has 0 saturated heterocycles. The van der Waals surface area contributed by atoms with E-state index in [2.05, 4.69) is 30.5 Å². The number of nitrogens with zero attached hydrogens (tertiary/aromatic N) is 4. The third kappa shape index (κ3) is 3.39. The molecule has 6 rings (SSSR count). The number of carbonyl (C=O) groups excluding carboxylic acids is 1. The highest BCUT2D eigenvalue weighted by Crippen LogP contribution is 2.33. The van der Waals surface area contributed by atoms with Crippen LogP contribution in [0.15, 0.2) is 71.9 Å². The lowest BCUT2D eigenvalue weighted by Gasteiger charge is -2.06. The maximum Gasteiger partial charge on any atom is 0.224 e. The number of fused-ring (bicyclic) bond motifs is 2. The third-order valence-electron chi connectivity index (χ3n) is 5.64. The summed E-state index contributed by atoms with van der Waals surface area (Å²) in [4.78, 5) is 28.9. The number of aromatic nitrogens is 6. The molecular formula is C25H19N7O2. The van der Waals surface area contributed by atoms with Crippen molar-refractivity contribution in [3.05, 3.63) is 67.5 Å². The summed E-state index contributed by atoms with van der Waals surface area (Å²) < 4.78 is 5.24. The summed E-state index contributed by atoms with van der Waals surface area (Å²) in [5.41, 5.74) is 7.91. The standard InChI is InChI=1S/C25H19N7O2/c1-2-22(33)28-16-9-15(11-26-12-16)18-3-4-20-24(30-18)25(32-31-20)21-10-17-19(29-21)5-7-27-23(17)14-6-8-34-13-14/h3-13,29H,2H2,1H3,(H,28,33)(H,31,32). The molecule has 0 atom stereocenters. The summed E-state index contributed by atoms with van der Waals surface area (Å²) in [5, 5.41) is 11.4. The molecule has 6 heterocycles. The Bertz CT molecular complexity index is 1650. The van der Waals surface area contributed by atoms with E-state index in [0.717, 1.165) is 50.1 Å². The van der Waals surface area contributed by atoms with Gasteiger partial charge in [-0.1, -0.05) is 6.92 Å². The molecule has 3 N–H and O–H groups in total. The molecule has 0 spiro atoms. The van der Waals surface area contributed by atoms with Crippen molar-refractivity contribution >= 4 is 33.5 Å². The number of pyridine rings is 3. The smallest absolute Gasteiger partial charge is 0.224 e. The Balaban J connectivity index is 1.43. The average Bonchev–Trinajstić information content (AvgIpc) is 3.62. The molecule has 6 aromatic heterocycles. The van der Waals surface area contributed by atoms with Crippen LogP contribution in [-0.2, 0) is 4.79 Å². The van der Waals surface area contributed by atoms with Gasteiger partial charge in [0.1, 0.15) is 11.2 Å². The molecule has 0 unspecified atom stereocenters. The lowest BCUT2D eigenvalue weighted by Crippen LogP contribution is -2.09.